The second-order valence-corrected chi connectivity index (χ2v) is 5.84. The average molecular weight is 284 g/mol. The molecule has 0 spiro atoms. The molecular weight excluding hydrogens is 264 g/mol. The van der Waals surface area contributed by atoms with E-state index in [-0.39, 0.29) is 5.91 Å². The lowest BCUT2D eigenvalue weighted by Gasteiger charge is -2.28. The molecule has 1 amide bonds. The first-order chi connectivity index (χ1) is 10.0. The first-order valence-corrected chi connectivity index (χ1v) is 7.19. The zero-order valence-electron chi connectivity index (χ0n) is 12.3. The molecule has 0 aromatic heterocycles. The molecule has 1 fully saturated rings. The van der Waals surface area contributed by atoms with Gasteiger partial charge in [0.2, 0.25) is 5.91 Å². The normalized spacial score (nSPS) is 17.4. The van der Waals surface area contributed by atoms with Crippen molar-refractivity contribution in [3.8, 4) is 5.75 Å². The van der Waals surface area contributed by atoms with E-state index in [4.69, 9.17) is 10.5 Å². The van der Waals surface area contributed by atoms with Crippen LogP contribution in [0.1, 0.15) is 25.3 Å². The first-order valence-electron chi connectivity index (χ1n) is 7.19. The largest absolute Gasteiger partial charge is 0.497 e. The van der Waals surface area contributed by atoms with E-state index in [1.54, 1.807) is 7.11 Å². The number of carbonyl (C=O) groups is 1. The van der Waals surface area contributed by atoms with Gasteiger partial charge in [-0.05, 0) is 54.3 Å². The topological polar surface area (TPSA) is 64.3 Å². The Hall–Kier alpha value is -2.07. The quantitative estimate of drug-likeness (QED) is 0.885. The maximum atomic E-state index is 12.0. The fourth-order valence-electron chi connectivity index (χ4n) is 2.59. The Balaban J connectivity index is 2.03. The summed E-state index contributed by atoms with van der Waals surface area (Å²) in [4.78, 5) is 12.0. The van der Waals surface area contributed by atoms with Crippen LogP contribution in [0.2, 0.25) is 0 Å². The van der Waals surface area contributed by atoms with Crippen molar-refractivity contribution in [2.45, 2.75) is 31.3 Å². The number of rotatable bonds is 5. The Morgan fingerprint density at radius 3 is 2.52 bits per heavy atom. The highest BCUT2D eigenvalue weighted by Gasteiger charge is 2.38. The van der Waals surface area contributed by atoms with Crippen molar-refractivity contribution in [1.82, 2.24) is 5.32 Å². The van der Waals surface area contributed by atoms with Gasteiger partial charge in [-0.1, -0.05) is 18.2 Å². The third kappa shape index (κ3) is 2.59. The van der Waals surface area contributed by atoms with Crippen molar-refractivity contribution >= 4 is 16.7 Å². The summed E-state index contributed by atoms with van der Waals surface area (Å²) in [6, 6.07) is 12.3. The van der Waals surface area contributed by atoms with Gasteiger partial charge in [0.1, 0.15) is 11.3 Å². The van der Waals surface area contributed by atoms with E-state index in [1.807, 2.05) is 43.3 Å². The molecule has 0 aliphatic heterocycles. The number of carbonyl (C=O) groups excluding carboxylic acids is 1. The third-order valence-corrected chi connectivity index (χ3v) is 4.19. The molecule has 110 valence electrons. The van der Waals surface area contributed by atoms with Crippen LogP contribution in [0.5, 0.6) is 5.75 Å². The monoisotopic (exact) mass is 284 g/mol. The number of hydrogen-bond donors (Lipinski definition) is 2. The highest BCUT2D eigenvalue weighted by molar-refractivity contribution is 5.90. The lowest BCUT2D eigenvalue weighted by molar-refractivity contribution is -0.124. The summed E-state index contributed by atoms with van der Waals surface area (Å²) in [5, 5.41) is 5.52. The molecule has 1 saturated carbocycles. The molecule has 21 heavy (non-hydrogen) atoms. The second kappa shape index (κ2) is 5.04. The molecule has 1 aliphatic carbocycles. The van der Waals surface area contributed by atoms with Crippen LogP contribution in [0.25, 0.3) is 10.8 Å². The van der Waals surface area contributed by atoms with Crippen molar-refractivity contribution in [3.05, 3.63) is 42.0 Å². The number of amides is 1. The van der Waals surface area contributed by atoms with Crippen molar-refractivity contribution in [2.75, 3.05) is 7.11 Å². The Bertz CT molecular complexity index is 694. The number of ether oxygens (including phenoxy) is 1. The van der Waals surface area contributed by atoms with Crippen LogP contribution in [0.15, 0.2) is 36.4 Å². The predicted molar refractivity (Wildman–Crippen MR) is 83.2 cm³/mol. The number of nitrogens with one attached hydrogen (secondary N) is 1. The fourth-order valence-corrected chi connectivity index (χ4v) is 2.59. The van der Waals surface area contributed by atoms with Crippen molar-refractivity contribution in [2.24, 2.45) is 5.73 Å². The second-order valence-electron chi connectivity index (χ2n) is 5.84. The number of methoxy groups -OCH3 is 1. The minimum atomic E-state index is -0.824. The van der Waals surface area contributed by atoms with Crippen LogP contribution in [0.3, 0.4) is 0 Å². The van der Waals surface area contributed by atoms with Gasteiger partial charge >= 0.3 is 0 Å². The molecule has 1 unspecified atom stereocenters. The average Bonchev–Trinajstić information content (AvgIpc) is 3.29. The molecule has 3 rings (SSSR count). The number of nitrogens with two attached hydrogens (primary N) is 1. The van der Waals surface area contributed by atoms with Gasteiger partial charge in [0.15, 0.2) is 0 Å². The van der Waals surface area contributed by atoms with E-state index in [0.29, 0.717) is 6.04 Å². The highest BCUT2D eigenvalue weighted by Crippen LogP contribution is 2.31. The molecule has 1 aliphatic rings. The maximum absolute atomic E-state index is 12.0. The van der Waals surface area contributed by atoms with Crippen molar-refractivity contribution in [3.63, 3.8) is 0 Å². The SMILES string of the molecule is COc1ccc2cc(C(C)(NC3CC3)C(N)=O)ccc2c1. The van der Waals surface area contributed by atoms with Gasteiger partial charge in [0.05, 0.1) is 7.11 Å². The molecule has 4 heteroatoms. The van der Waals surface area contributed by atoms with Gasteiger partial charge in [-0.25, -0.2) is 0 Å². The number of fused-ring (bicyclic) bond motifs is 1. The van der Waals surface area contributed by atoms with Crippen LogP contribution in [-0.2, 0) is 10.3 Å². The molecule has 1 atom stereocenters. The smallest absolute Gasteiger partial charge is 0.242 e. The summed E-state index contributed by atoms with van der Waals surface area (Å²) in [5.41, 5.74) is 5.73. The summed E-state index contributed by atoms with van der Waals surface area (Å²) in [6.45, 7) is 1.86. The van der Waals surface area contributed by atoms with E-state index in [0.717, 1.165) is 34.9 Å². The number of benzene rings is 2. The van der Waals surface area contributed by atoms with Gasteiger partial charge < -0.3 is 10.5 Å². The van der Waals surface area contributed by atoms with Crippen molar-refractivity contribution < 1.29 is 9.53 Å². The summed E-state index contributed by atoms with van der Waals surface area (Å²) < 4.78 is 5.23. The van der Waals surface area contributed by atoms with Crippen molar-refractivity contribution in [1.29, 1.82) is 0 Å². The molecule has 0 bridgehead atoms. The van der Waals surface area contributed by atoms with Crippen LogP contribution >= 0.6 is 0 Å². The van der Waals surface area contributed by atoms with Gasteiger partial charge in [0, 0.05) is 6.04 Å². The van der Waals surface area contributed by atoms with Gasteiger partial charge in [-0.3, -0.25) is 10.1 Å². The van der Waals surface area contributed by atoms with Crippen LogP contribution in [0.4, 0.5) is 0 Å². The lowest BCUT2D eigenvalue weighted by Crippen LogP contribution is -2.51. The molecule has 3 N–H and O–H groups in total. The van der Waals surface area contributed by atoms with Crippen LogP contribution < -0.4 is 15.8 Å². The predicted octanol–water partition coefficient (Wildman–Crippen LogP) is 2.30. The standard InChI is InChI=1S/C17H20N2O2/c1-17(16(18)20,19-14-6-7-14)13-5-3-12-10-15(21-2)8-4-11(12)9-13/h3-5,8-10,14,19H,6-7H2,1-2H3,(H2,18,20). The minimum absolute atomic E-state index is 0.345. The zero-order valence-corrected chi connectivity index (χ0v) is 12.3. The van der Waals surface area contributed by atoms with Crippen LogP contribution in [0, 0.1) is 0 Å². The van der Waals surface area contributed by atoms with E-state index >= 15 is 0 Å². The zero-order chi connectivity index (χ0) is 15.0. The molecule has 4 nitrogen and oxygen atoms in total. The van der Waals surface area contributed by atoms with Gasteiger partial charge in [0.25, 0.3) is 0 Å². The molecular formula is C17H20N2O2. The maximum Gasteiger partial charge on any atom is 0.242 e. The van der Waals surface area contributed by atoms with Gasteiger partial charge in [-0.2, -0.15) is 0 Å². The third-order valence-electron chi connectivity index (χ3n) is 4.19. The minimum Gasteiger partial charge on any atom is -0.497 e. The molecule has 2 aromatic rings. The molecule has 0 radical (unpaired) electrons. The Morgan fingerprint density at radius 2 is 1.90 bits per heavy atom. The summed E-state index contributed by atoms with van der Waals surface area (Å²) in [7, 11) is 1.65. The van der Waals surface area contributed by atoms with Crippen LogP contribution in [-0.4, -0.2) is 19.1 Å². The Kier molecular flexibility index (Phi) is 3.33. The lowest BCUT2D eigenvalue weighted by atomic mass is 9.89. The van der Waals surface area contributed by atoms with E-state index in [1.165, 1.54) is 0 Å². The summed E-state index contributed by atoms with van der Waals surface area (Å²) in [6.07, 6.45) is 2.21. The first kappa shape index (κ1) is 13.9. The Morgan fingerprint density at radius 1 is 1.24 bits per heavy atom. The fraction of sp³-hybridized carbons (Fsp3) is 0.353. The Labute approximate surface area is 124 Å². The summed E-state index contributed by atoms with van der Waals surface area (Å²) >= 11 is 0. The molecule has 0 heterocycles. The molecule has 0 saturated heterocycles. The number of hydrogen-bond acceptors (Lipinski definition) is 3. The van der Waals surface area contributed by atoms with E-state index < -0.39 is 5.54 Å². The van der Waals surface area contributed by atoms with E-state index in [9.17, 15) is 4.79 Å². The highest BCUT2D eigenvalue weighted by atomic mass is 16.5. The van der Waals surface area contributed by atoms with E-state index in [2.05, 4.69) is 5.32 Å². The van der Waals surface area contributed by atoms with Gasteiger partial charge in [-0.15, -0.1) is 0 Å². The number of primary amides is 1. The molecule has 2 aromatic carbocycles. The summed E-state index contributed by atoms with van der Waals surface area (Å²) in [5.74, 6) is 0.478.